The van der Waals surface area contributed by atoms with Crippen molar-refractivity contribution in [1.29, 1.82) is 0 Å². The molecule has 0 aromatic carbocycles. The summed E-state index contributed by atoms with van der Waals surface area (Å²) in [5, 5.41) is 4.57. The van der Waals surface area contributed by atoms with Crippen LogP contribution in [-0.4, -0.2) is 72.0 Å². The molecule has 0 aromatic rings. The zero-order chi connectivity index (χ0) is 22.5. The number of hydrogen-bond donors (Lipinski definition) is 2. The van der Waals surface area contributed by atoms with Crippen molar-refractivity contribution in [3.63, 3.8) is 0 Å². The number of hydrogen-bond acceptors (Lipinski definition) is 5. The van der Waals surface area contributed by atoms with Gasteiger partial charge in [0.1, 0.15) is 12.1 Å². The van der Waals surface area contributed by atoms with Crippen molar-refractivity contribution in [3.8, 4) is 0 Å². The van der Waals surface area contributed by atoms with E-state index in [0.717, 1.165) is 7.11 Å². The highest BCUT2D eigenvalue weighted by molar-refractivity contribution is 5.96. The molecule has 0 unspecified atom stereocenters. The van der Waals surface area contributed by atoms with Crippen molar-refractivity contribution in [2.45, 2.75) is 64.8 Å². The Morgan fingerprint density at radius 1 is 1.00 bits per heavy atom. The van der Waals surface area contributed by atoms with Crippen LogP contribution in [0, 0.1) is 11.8 Å². The third kappa shape index (κ3) is 6.85. The quantitative estimate of drug-likeness (QED) is 0.602. The summed E-state index contributed by atoms with van der Waals surface area (Å²) in [6, 6.07) is -3.73. The van der Waals surface area contributed by atoms with Crippen LogP contribution in [0.4, 0.5) is 18.0 Å². The van der Waals surface area contributed by atoms with E-state index < -0.39 is 53.9 Å². The molecule has 3 atom stereocenters. The number of amides is 3. The number of nitrogens with one attached hydrogen (secondary N) is 2. The molecule has 0 aliphatic carbocycles. The van der Waals surface area contributed by atoms with Crippen LogP contribution in [0.1, 0.15) is 40.5 Å². The minimum Gasteiger partial charge on any atom is -0.453 e. The Labute approximate surface area is 173 Å². The van der Waals surface area contributed by atoms with Gasteiger partial charge in [-0.05, 0) is 24.7 Å². The first-order chi connectivity index (χ1) is 13.3. The summed E-state index contributed by atoms with van der Waals surface area (Å²) >= 11 is 0. The second kappa shape index (κ2) is 11.1. The fraction of sp³-hybridized carbons (Fsp3) is 0.778. The number of alkyl carbamates (subject to hydrolysis) is 1. The lowest BCUT2D eigenvalue weighted by atomic mass is 9.98. The molecular weight excluding hydrogens is 411 g/mol. The van der Waals surface area contributed by atoms with Crippen molar-refractivity contribution < 1.29 is 42.6 Å². The topological polar surface area (TPSA) is 136 Å². The van der Waals surface area contributed by atoms with E-state index in [0.29, 0.717) is 6.42 Å². The summed E-state index contributed by atoms with van der Waals surface area (Å²) in [5.74, 6) is -4.51. The standard InChI is InChI=1S/C18H28F3N3O5.H2O/c1-9(2)12(14(25)18(19,20)21)22-15(26)11-7-6-8-24(11)16(27)13(10(3)4)23-17(28)29-5;/h9-13H,6-8H2,1-5H3,(H,22,26)(H,23,28);1H2/t11-,12-,13-;/m0./s1. The number of rotatable bonds is 7. The molecule has 4 N–H and O–H groups in total. The van der Waals surface area contributed by atoms with Gasteiger partial charge in [-0.15, -0.1) is 0 Å². The molecule has 0 saturated carbocycles. The maximum Gasteiger partial charge on any atom is 0.452 e. The Kier molecular flexibility index (Phi) is 10.3. The third-order valence-electron chi connectivity index (χ3n) is 4.76. The van der Waals surface area contributed by atoms with Gasteiger partial charge in [-0.3, -0.25) is 14.4 Å². The Morgan fingerprint density at radius 3 is 1.97 bits per heavy atom. The van der Waals surface area contributed by atoms with Gasteiger partial charge in [0.2, 0.25) is 11.8 Å². The second-order valence-corrected chi connectivity index (χ2v) is 7.64. The summed E-state index contributed by atoms with van der Waals surface area (Å²) in [6.07, 6.45) is -5.19. The fourth-order valence-corrected chi connectivity index (χ4v) is 3.14. The molecule has 174 valence electrons. The highest BCUT2D eigenvalue weighted by atomic mass is 19.4. The number of ether oxygens (including phenoxy) is 1. The Morgan fingerprint density at radius 2 is 1.53 bits per heavy atom. The van der Waals surface area contributed by atoms with Crippen molar-refractivity contribution in [3.05, 3.63) is 0 Å². The molecule has 0 aromatic heterocycles. The zero-order valence-corrected chi connectivity index (χ0v) is 17.6. The molecule has 1 fully saturated rings. The Balaban J connectivity index is 0.00000841. The van der Waals surface area contributed by atoms with Crippen LogP contribution < -0.4 is 10.6 Å². The average Bonchev–Trinajstić information content (AvgIpc) is 3.11. The van der Waals surface area contributed by atoms with Crippen LogP contribution in [0.15, 0.2) is 0 Å². The SMILES string of the molecule is COC(=O)N[C@H](C(=O)N1CCC[C@H]1C(=O)N[C@H](C(=O)C(F)(F)F)C(C)C)C(C)C.O. The number of methoxy groups -OCH3 is 1. The summed E-state index contributed by atoms with van der Waals surface area (Å²) < 4.78 is 43.0. The van der Waals surface area contributed by atoms with Gasteiger partial charge in [0, 0.05) is 6.54 Å². The van der Waals surface area contributed by atoms with Crippen LogP contribution in [0.3, 0.4) is 0 Å². The molecule has 3 amide bonds. The van der Waals surface area contributed by atoms with Crippen molar-refractivity contribution in [2.24, 2.45) is 11.8 Å². The molecule has 30 heavy (non-hydrogen) atoms. The first-order valence-corrected chi connectivity index (χ1v) is 9.37. The first-order valence-electron chi connectivity index (χ1n) is 9.37. The largest absolute Gasteiger partial charge is 0.453 e. The molecule has 12 heteroatoms. The number of alkyl halides is 3. The number of Topliss-reactive ketones (excluding diaryl/α,β-unsaturated/α-hetero) is 1. The highest BCUT2D eigenvalue weighted by Crippen LogP contribution is 2.24. The van der Waals surface area contributed by atoms with Crippen molar-refractivity contribution in [1.82, 2.24) is 15.5 Å². The van der Waals surface area contributed by atoms with E-state index in [1.165, 1.54) is 18.7 Å². The second-order valence-electron chi connectivity index (χ2n) is 7.64. The lowest BCUT2D eigenvalue weighted by molar-refractivity contribution is -0.175. The van der Waals surface area contributed by atoms with Gasteiger partial charge in [-0.25, -0.2) is 4.79 Å². The number of carbonyl (C=O) groups excluding carboxylic acids is 4. The van der Waals surface area contributed by atoms with Crippen LogP contribution in [-0.2, 0) is 19.1 Å². The third-order valence-corrected chi connectivity index (χ3v) is 4.76. The van der Waals surface area contributed by atoms with E-state index >= 15 is 0 Å². The van der Waals surface area contributed by atoms with Crippen LogP contribution in [0.2, 0.25) is 0 Å². The maximum absolute atomic E-state index is 12.9. The van der Waals surface area contributed by atoms with E-state index in [9.17, 15) is 32.3 Å². The normalized spacial score (nSPS) is 18.5. The molecule has 1 heterocycles. The molecule has 9 nitrogen and oxygen atoms in total. The van der Waals surface area contributed by atoms with Crippen LogP contribution >= 0.6 is 0 Å². The minimum absolute atomic E-state index is 0. The van der Waals surface area contributed by atoms with E-state index in [1.54, 1.807) is 13.8 Å². The van der Waals surface area contributed by atoms with Gasteiger partial charge in [-0.2, -0.15) is 13.2 Å². The van der Waals surface area contributed by atoms with E-state index in [4.69, 9.17) is 0 Å². The van der Waals surface area contributed by atoms with Gasteiger partial charge in [0.05, 0.1) is 13.2 Å². The predicted octanol–water partition coefficient (Wildman–Crippen LogP) is 0.805. The summed E-state index contributed by atoms with van der Waals surface area (Å²) in [6.45, 7) is 6.38. The molecule has 1 saturated heterocycles. The number of ketones is 1. The summed E-state index contributed by atoms with van der Waals surface area (Å²) in [4.78, 5) is 49.9. The average molecular weight is 441 g/mol. The molecule has 1 aliphatic heterocycles. The van der Waals surface area contributed by atoms with Gasteiger partial charge < -0.3 is 25.7 Å². The first kappa shape index (κ1) is 27.6. The monoisotopic (exact) mass is 441 g/mol. The van der Waals surface area contributed by atoms with E-state index in [-0.39, 0.29) is 24.4 Å². The summed E-state index contributed by atoms with van der Waals surface area (Å²) in [7, 11) is 1.15. The van der Waals surface area contributed by atoms with Gasteiger partial charge in [0.15, 0.2) is 0 Å². The fourth-order valence-electron chi connectivity index (χ4n) is 3.14. The Bertz CT molecular complexity index is 639. The lowest BCUT2D eigenvalue weighted by Crippen LogP contribution is -2.58. The molecule has 1 aliphatic rings. The molecule has 1 rings (SSSR count). The van der Waals surface area contributed by atoms with Gasteiger partial charge in [-0.1, -0.05) is 27.7 Å². The van der Waals surface area contributed by atoms with Gasteiger partial charge in [0.25, 0.3) is 5.78 Å². The smallest absolute Gasteiger partial charge is 0.452 e. The molecular formula is C18H30F3N3O6. The molecule has 0 spiro atoms. The summed E-state index contributed by atoms with van der Waals surface area (Å²) in [5.41, 5.74) is 0. The van der Waals surface area contributed by atoms with Crippen LogP contribution in [0.5, 0.6) is 0 Å². The lowest BCUT2D eigenvalue weighted by Gasteiger charge is -2.31. The van der Waals surface area contributed by atoms with Gasteiger partial charge >= 0.3 is 12.3 Å². The van der Waals surface area contributed by atoms with Crippen LogP contribution in [0.25, 0.3) is 0 Å². The zero-order valence-electron chi connectivity index (χ0n) is 17.6. The number of nitrogens with zero attached hydrogens (tertiary/aromatic N) is 1. The molecule has 0 bridgehead atoms. The predicted molar refractivity (Wildman–Crippen MR) is 100 cm³/mol. The number of carbonyl (C=O) groups is 4. The van der Waals surface area contributed by atoms with Crippen molar-refractivity contribution in [2.75, 3.05) is 13.7 Å². The van der Waals surface area contributed by atoms with E-state index in [2.05, 4.69) is 15.4 Å². The highest BCUT2D eigenvalue weighted by Gasteiger charge is 2.46. The van der Waals surface area contributed by atoms with Crippen molar-refractivity contribution >= 4 is 23.7 Å². The molecule has 0 radical (unpaired) electrons. The maximum atomic E-state index is 12.9. The number of halogens is 3. The number of likely N-dealkylation sites (tertiary alicyclic amines) is 1. The van der Waals surface area contributed by atoms with E-state index in [1.807, 2.05) is 0 Å². The Hall–Kier alpha value is -2.37. The minimum atomic E-state index is -5.08.